The van der Waals surface area contributed by atoms with Gasteiger partial charge in [0.15, 0.2) is 0 Å². The van der Waals surface area contributed by atoms with Crippen molar-refractivity contribution in [2.45, 2.75) is 12.8 Å². The third kappa shape index (κ3) is 4.13. The molecule has 2 aromatic heterocycles. The second kappa shape index (κ2) is 8.54. The summed E-state index contributed by atoms with van der Waals surface area (Å²) in [4.78, 5) is 8.36. The van der Waals surface area contributed by atoms with Crippen molar-refractivity contribution in [3.8, 4) is 11.8 Å². The number of aromatic nitrogens is 4. The van der Waals surface area contributed by atoms with Crippen LogP contribution in [0.3, 0.4) is 0 Å². The van der Waals surface area contributed by atoms with Crippen molar-refractivity contribution in [1.29, 1.82) is 5.26 Å². The molecule has 4 N–H and O–H groups in total. The van der Waals surface area contributed by atoms with Gasteiger partial charge in [-0.25, -0.2) is 14.1 Å². The molecule has 0 unspecified atom stereocenters. The van der Waals surface area contributed by atoms with E-state index in [0.717, 1.165) is 0 Å². The number of nitrogens with two attached hydrogens (primary N) is 1. The minimum atomic E-state index is -0.355. The minimum absolute atomic E-state index is 0.233. The molecule has 0 saturated carbocycles. The van der Waals surface area contributed by atoms with Gasteiger partial charge < -0.3 is 16.4 Å². The molecular formula is C18H18ClFN8. The number of benzene rings is 1. The van der Waals surface area contributed by atoms with E-state index in [1.807, 2.05) is 0 Å². The molecule has 0 saturated heterocycles. The minimum Gasteiger partial charge on any atom is -0.382 e. The second-order valence-corrected chi connectivity index (χ2v) is 6.28. The fourth-order valence-corrected chi connectivity index (χ4v) is 2.82. The Labute approximate surface area is 166 Å². The van der Waals surface area contributed by atoms with Crippen LogP contribution in [0.25, 0.3) is 5.69 Å². The maximum atomic E-state index is 13.1. The summed E-state index contributed by atoms with van der Waals surface area (Å²) < 4.78 is 14.6. The van der Waals surface area contributed by atoms with Crippen LogP contribution in [0.5, 0.6) is 0 Å². The number of halogens is 2. The Bertz CT molecular complexity index is 1010. The number of anilines is 3. The van der Waals surface area contributed by atoms with E-state index in [0.29, 0.717) is 53.1 Å². The third-order valence-electron chi connectivity index (χ3n) is 4.03. The lowest BCUT2D eigenvalue weighted by Crippen LogP contribution is -2.08. The number of nitrogen functional groups attached to an aromatic ring is 1. The second-order valence-electron chi connectivity index (χ2n) is 5.88. The summed E-state index contributed by atoms with van der Waals surface area (Å²) >= 11 is 5.96. The Balaban J connectivity index is 1.67. The average molecular weight is 401 g/mol. The van der Waals surface area contributed by atoms with Crippen LogP contribution < -0.4 is 16.4 Å². The van der Waals surface area contributed by atoms with Crippen molar-refractivity contribution in [2.75, 3.05) is 30.0 Å². The highest BCUT2D eigenvalue weighted by Gasteiger charge is 2.16. The molecule has 0 bridgehead atoms. The van der Waals surface area contributed by atoms with E-state index in [9.17, 15) is 9.65 Å². The van der Waals surface area contributed by atoms with E-state index < -0.39 is 0 Å². The number of hydrogen-bond donors (Lipinski definition) is 3. The van der Waals surface area contributed by atoms with E-state index in [-0.39, 0.29) is 11.6 Å². The van der Waals surface area contributed by atoms with Gasteiger partial charge in [-0.1, -0.05) is 11.6 Å². The van der Waals surface area contributed by atoms with Crippen molar-refractivity contribution < 1.29 is 4.39 Å². The number of rotatable bonds is 7. The van der Waals surface area contributed by atoms with E-state index in [2.05, 4.69) is 31.8 Å². The molecular weight excluding hydrogens is 383 g/mol. The summed E-state index contributed by atoms with van der Waals surface area (Å²) in [6.07, 6.45) is 2.72. The van der Waals surface area contributed by atoms with Crippen LogP contribution in [0.2, 0.25) is 5.02 Å². The average Bonchev–Trinajstić information content (AvgIpc) is 3.02. The summed E-state index contributed by atoms with van der Waals surface area (Å²) in [6.45, 7) is 0.568. The molecule has 0 aliphatic rings. The van der Waals surface area contributed by atoms with Gasteiger partial charge >= 0.3 is 0 Å². The molecule has 0 fully saturated rings. The molecule has 2 heterocycles. The number of nitrogens with one attached hydrogen (secondary N) is 2. The van der Waals surface area contributed by atoms with Crippen molar-refractivity contribution >= 4 is 29.2 Å². The van der Waals surface area contributed by atoms with Gasteiger partial charge in [-0.05, 0) is 37.1 Å². The van der Waals surface area contributed by atoms with Gasteiger partial charge in [0.25, 0.3) is 0 Å². The van der Waals surface area contributed by atoms with Gasteiger partial charge in [0.05, 0.1) is 17.6 Å². The zero-order valence-electron chi connectivity index (χ0n) is 15.1. The summed E-state index contributed by atoms with van der Waals surface area (Å²) in [5.74, 6) is 0.867. The molecule has 10 heteroatoms. The predicted molar refractivity (Wildman–Crippen MR) is 106 cm³/mol. The highest BCUT2D eigenvalue weighted by molar-refractivity contribution is 6.32. The van der Waals surface area contributed by atoms with Crippen LogP contribution >= 0.6 is 11.6 Å². The van der Waals surface area contributed by atoms with Crippen molar-refractivity contribution in [1.82, 2.24) is 19.7 Å². The lowest BCUT2D eigenvalue weighted by atomic mass is 10.1. The molecule has 3 rings (SSSR count). The molecule has 3 aromatic rings. The predicted octanol–water partition coefficient (Wildman–Crippen LogP) is 3.00. The van der Waals surface area contributed by atoms with E-state index >= 15 is 0 Å². The summed E-state index contributed by atoms with van der Waals surface area (Å²) in [5.41, 5.74) is 7.55. The van der Waals surface area contributed by atoms with Gasteiger partial charge in [0.2, 0.25) is 5.95 Å². The molecule has 0 radical (unpaired) electrons. The highest BCUT2D eigenvalue weighted by atomic mass is 35.5. The molecule has 0 amide bonds. The number of nitrogens with zero attached hydrogens (tertiary/aromatic N) is 5. The highest BCUT2D eigenvalue weighted by Crippen LogP contribution is 2.22. The first-order valence-corrected chi connectivity index (χ1v) is 8.89. The van der Waals surface area contributed by atoms with Gasteiger partial charge in [-0.15, -0.1) is 0 Å². The Morgan fingerprint density at radius 1 is 1.32 bits per heavy atom. The zero-order valence-corrected chi connectivity index (χ0v) is 15.8. The first-order valence-electron chi connectivity index (χ1n) is 8.51. The molecule has 0 aliphatic carbocycles. The molecule has 1 aromatic carbocycles. The van der Waals surface area contributed by atoms with Crippen LogP contribution in [0.15, 0.2) is 30.5 Å². The summed E-state index contributed by atoms with van der Waals surface area (Å²) in [6, 6.07) is 7.84. The molecule has 0 atom stereocenters. The molecule has 8 nitrogen and oxygen atoms in total. The number of nitriles is 1. The summed E-state index contributed by atoms with van der Waals surface area (Å²) in [7, 11) is 1.73. The Kier molecular flexibility index (Phi) is 5.91. The fourth-order valence-electron chi connectivity index (χ4n) is 2.64. The van der Waals surface area contributed by atoms with Crippen LogP contribution in [-0.4, -0.2) is 33.3 Å². The van der Waals surface area contributed by atoms with E-state index in [4.69, 9.17) is 17.3 Å². The first-order chi connectivity index (χ1) is 13.5. The molecule has 0 aliphatic heterocycles. The van der Waals surface area contributed by atoms with Crippen LogP contribution in [0.4, 0.5) is 22.0 Å². The Morgan fingerprint density at radius 3 is 2.75 bits per heavy atom. The topological polar surface area (TPSA) is 117 Å². The maximum absolute atomic E-state index is 13.1. The Morgan fingerprint density at radius 2 is 2.07 bits per heavy atom. The SMILES string of the molecule is CNc1nc(NCCCc2nn(-c3ccc(F)cc3)c(N)c2C#N)ncc1Cl. The van der Waals surface area contributed by atoms with Crippen molar-refractivity contribution in [3.63, 3.8) is 0 Å². The van der Waals surface area contributed by atoms with Crippen LogP contribution in [0, 0.1) is 17.1 Å². The Hall–Kier alpha value is -3.38. The van der Waals surface area contributed by atoms with Gasteiger partial charge in [-0.3, -0.25) is 0 Å². The smallest absolute Gasteiger partial charge is 0.224 e. The maximum Gasteiger partial charge on any atom is 0.224 e. The van der Waals surface area contributed by atoms with Gasteiger partial charge in [-0.2, -0.15) is 15.3 Å². The third-order valence-corrected chi connectivity index (χ3v) is 4.31. The monoisotopic (exact) mass is 400 g/mol. The lowest BCUT2D eigenvalue weighted by Gasteiger charge is -2.07. The fraction of sp³-hybridized carbons (Fsp3) is 0.222. The van der Waals surface area contributed by atoms with Crippen molar-refractivity contribution in [2.24, 2.45) is 0 Å². The van der Waals surface area contributed by atoms with Gasteiger partial charge in [0, 0.05) is 13.6 Å². The van der Waals surface area contributed by atoms with E-state index in [1.54, 1.807) is 19.2 Å². The van der Waals surface area contributed by atoms with Gasteiger partial charge in [0.1, 0.15) is 34.1 Å². The normalized spacial score (nSPS) is 10.5. The molecule has 0 spiro atoms. The molecule has 28 heavy (non-hydrogen) atoms. The standard InChI is InChI=1S/C18H18ClFN8/c1-23-17-14(19)10-25-18(26-17)24-8-2-3-15-13(9-21)16(22)28(27-15)12-6-4-11(20)5-7-12/h4-7,10H,2-3,8,22H2,1H3,(H2,23,24,25,26). The number of hydrogen-bond acceptors (Lipinski definition) is 7. The largest absolute Gasteiger partial charge is 0.382 e. The van der Waals surface area contributed by atoms with Crippen LogP contribution in [0.1, 0.15) is 17.7 Å². The quantitative estimate of drug-likeness (QED) is 0.522. The lowest BCUT2D eigenvalue weighted by molar-refractivity contribution is 0.627. The molecule has 144 valence electrons. The van der Waals surface area contributed by atoms with Crippen molar-refractivity contribution in [3.05, 3.63) is 52.6 Å². The summed E-state index contributed by atoms with van der Waals surface area (Å²) in [5, 5.41) is 20.3. The zero-order chi connectivity index (χ0) is 20.1. The van der Waals surface area contributed by atoms with E-state index in [1.165, 1.54) is 23.0 Å². The first kappa shape index (κ1) is 19.4. The number of aryl methyl sites for hydroxylation is 1. The van der Waals surface area contributed by atoms with Crippen LogP contribution in [-0.2, 0) is 6.42 Å².